The fourth-order valence-corrected chi connectivity index (χ4v) is 4.73. The van der Waals surface area contributed by atoms with E-state index >= 15 is 0 Å². The molecule has 3 heteroatoms. The molecule has 3 atom stereocenters. The van der Waals surface area contributed by atoms with Crippen molar-refractivity contribution in [2.24, 2.45) is 17.8 Å². The Morgan fingerprint density at radius 3 is 2.75 bits per heavy atom. The monoisotopic (exact) mass is 255 g/mol. The molecule has 3 unspecified atom stereocenters. The van der Waals surface area contributed by atoms with Gasteiger partial charge >= 0.3 is 0 Å². The second-order valence-electron chi connectivity index (χ2n) is 5.14. The van der Waals surface area contributed by atoms with Gasteiger partial charge in [0.05, 0.1) is 4.34 Å². The Labute approximate surface area is 106 Å². The second kappa shape index (κ2) is 4.32. The minimum Gasteiger partial charge on any atom is -0.316 e. The third-order valence-corrected chi connectivity index (χ3v) is 5.61. The van der Waals surface area contributed by atoms with Crippen molar-refractivity contribution in [3.63, 3.8) is 0 Å². The standard InChI is InChI=1S/C13H18ClNS/c1-15-11(7-8-5-6-12(14)16-8)13-9-3-2-4-10(9)13/h5-6,9-11,13,15H,2-4,7H2,1H3. The molecule has 0 aromatic carbocycles. The van der Waals surface area contributed by atoms with Gasteiger partial charge in [-0.05, 0) is 56.2 Å². The highest BCUT2D eigenvalue weighted by Crippen LogP contribution is 2.59. The van der Waals surface area contributed by atoms with E-state index in [-0.39, 0.29) is 0 Å². The van der Waals surface area contributed by atoms with E-state index in [0.29, 0.717) is 6.04 Å². The lowest BCUT2D eigenvalue weighted by Crippen LogP contribution is -2.31. The third kappa shape index (κ3) is 1.92. The summed E-state index contributed by atoms with van der Waals surface area (Å²) < 4.78 is 0.917. The van der Waals surface area contributed by atoms with E-state index in [1.165, 1.54) is 24.1 Å². The number of fused-ring (bicyclic) bond motifs is 1. The van der Waals surface area contributed by atoms with Crippen molar-refractivity contribution in [3.8, 4) is 0 Å². The van der Waals surface area contributed by atoms with Crippen LogP contribution in [0, 0.1) is 17.8 Å². The van der Waals surface area contributed by atoms with Crippen LogP contribution in [0.2, 0.25) is 4.34 Å². The minimum atomic E-state index is 0.671. The van der Waals surface area contributed by atoms with E-state index in [9.17, 15) is 0 Å². The van der Waals surface area contributed by atoms with Gasteiger partial charge in [0, 0.05) is 10.9 Å². The number of thiophene rings is 1. The topological polar surface area (TPSA) is 12.0 Å². The van der Waals surface area contributed by atoms with Crippen molar-refractivity contribution in [3.05, 3.63) is 21.3 Å². The van der Waals surface area contributed by atoms with Crippen molar-refractivity contribution in [1.29, 1.82) is 0 Å². The van der Waals surface area contributed by atoms with Gasteiger partial charge in [-0.15, -0.1) is 11.3 Å². The summed E-state index contributed by atoms with van der Waals surface area (Å²) in [5.74, 6) is 3.01. The van der Waals surface area contributed by atoms with Crippen molar-refractivity contribution in [2.75, 3.05) is 7.05 Å². The Bertz CT molecular complexity index is 366. The summed E-state index contributed by atoms with van der Waals surface area (Å²) in [4.78, 5) is 1.43. The molecule has 2 aliphatic carbocycles. The number of halogens is 1. The first-order valence-corrected chi connectivity index (χ1v) is 7.40. The number of rotatable bonds is 4. The zero-order valence-corrected chi connectivity index (χ0v) is 11.2. The number of nitrogens with one attached hydrogen (secondary N) is 1. The van der Waals surface area contributed by atoms with E-state index < -0.39 is 0 Å². The molecule has 2 saturated carbocycles. The summed E-state index contributed by atoms with van der Waals surface area (Å²) in [7, 11) is 2.11. The molecule has 1 nitrogen and oxygen atoms in total. The molecule has 2 fully saturated rings. The highest BCUT2D eigenvalue weighted by molar-refractivity contribution is 7.16. The summed E-state index contributed by atoms with van der Waals surface area (Å²) in [6.07, 6.45) is 5.57. The van der Waals surface area contributed by atoms with Gasteiger partial charge in [0.2, 0.25) is 0 Å². The highest BCUT2D eigenvalue weighted by Gasteiger charge is 2.55. The molecule has 16 heavy (non-hydrogen) atoms. The zero-order valence-electron chi connectivity index (χ0n) is 9.58. The van der Waals surface area contributed by atoms with E-state index in [1.807, 2.05) is 6.07 Å². The number of hydrogen-bond donors (Lipinski definition) is 1. The van der Waals surface area contributed by atoms with Crippen LogP contribution >= 0.6 is 22.9 Å². The quantitative estimate of drug-likeness (QED) is 0.867. The number of hydrogen-bond acceptors (Lipinski definition) is 2. The van der Waals surface area contributed by atoms with Crippen LogP contribution in [0.5, 0.6) is 0 Å². The predicted molar refractivity (Wildman–Crippen MR) is 70.2 cm³/mol. The van der Waals surface area contributed by atoms with Gasteiger partial charge in [-0.3, -0.25) is 0 Å². The smallest absolute Gasteiger partial charge is 0.0931 e. The summed E-state index contributed by atoms with van der Waals surface area (Å²) in [6.45, 7) is 0. The van der Waals surface area contributed by atoms with Crippen LogP contribution in [0.25, 0.3) is 0 Å². The average Bonchev–Trinajstić information content (AvgIpc) is 2.70. The highest BCUT2D eigenvalue weighted by atomic mass is 35.5. The molecular formula is C13H18ClNS. The first kappa shape index (κ1) is 11.1. The van der Waals surface area contributed by atoms with Gasteiger partial charge in [-0.2, -0.15) is 0 Å². The Morgan fingerprint density at radius 1 is 1.44 bits per heavy atom. The van der Waals surface area contributed by atoms with Crippen LogP contribution in [0.4, 0.5) is 0 Å². The second-order valence-corrected chi connectivity index (χ2v) is 6.94. The molecular weight excluding hydrogens is 238 g/mol. The zero-order chi connectivity index (χ0) is 11.1. The van der Waals surface area contributed by atoms with Crippen LogP contribution in [0.3, 0.4) is 0 Å². The van der Waals surface area contributed by atoms with Crippen molar-refractivity contribution in [1.82, 2.24) is 5.32 Å². The van der Waals surface area contributed by atoms with Crippen LogP contribution in [-0.2, 0) is 6.42 Å². The molecule has 2 aliphatic rings. The maximum atomic E-state index is 5.98. The fraction of sp³-hybridized carbons (Fsp3) is 0.692. The lowest BCUT2D eigenvalue weighted by atomic mass is 10.0. The first-order valence-electron chi connectivity index (χ1n) is 6.21. The molecule has 3 rings (SSSR count). The van der Waals surface area contributed by atoms with Gasteiger partial charge in [0.25, 0.3) is 0 Å². The Hall–Kier alpha value is -0.0500. The molecule has 0 aliphatic heterocycles. The van der Waals surface area contributed by atoms with Crippen molar-refractivity contribution < 1.29 is 0 Å². The molecule has 1 aromatic heterocycles. The molecule has 0 radical (unpaired) electrons. The van der Waals surface area contributed by atoms with Gasteiger partial charge in [-0.25, -0.2) is 0 Å². The van der Waals surface area contributed by atoms with E-state index in [0.717, 1.165) is 28.5 Å². The molecule has 1 heterocycles. The van der Waals surface area contributed by atoms with Crippen molar-refractivity contribution in [2.45, 2.75) is 31.7 Å². The first-order chi connectivity index (χ1) is 7.79. The molecule has 1 N–H and O–H groups in total. The summed E-state index contributed by atoms with van der Waals surface area (Å²) >= 11 is 7.71. The molecule has 0 bridgehead atoms. The van der Waals surface area contributed by atoms with Gasteiger partial charge in [0.1, 0.15) is 0 Å². The normalized spacial score (nSPS) is 33.8. The summed E-state index contributed by atoms with van der Waals surface area (Å²) in [5, 5.41) is 3.51. The Balaban J connectivity index is 1.64. The molecule has 1 aromatic rings. The largest absolute Gasteiger partial charge is 0.316 e. The third-order valence-electron chi connectivity index (χ3n) is 4.36. The van der Waals surface area contributed by atoms with Crippen LogP contribution < -0.4 is 5.32 Å². The summed E-state index contributed by atoms with van der Waals surface area (Å²) in [5.41, 5.74) is 0. The van der Waals surface area contributed by atoms with E-state index in [4.69, 9.17) is 11.6 Å². The van der Waals surface area contributed by atoms with Gasteiger partial charge in [0.15, 0.2) is 0 Å². The predicted octanol–water partition coefficient (Wildman–Crippen LogP) is 3.58. The van der Waals surface area contributed by atoms with Crippen LogP contribution in [0.15, 0.2) is 12.1 Å². The minimum absolute atomic E-state index is 0.671. The fourth-order valence-electron chi connectivity index (χ4n) is 3.58. The summed E-state index contributed by atoms with van der Waals surface area (Å²) in [6, 6.07) is 4.86. The van der Waals surface area contributed by atoms with Gasteiger partial charge in [-0.1, -0.05) is 18.0 Å². The SMILES string of the molecule is CNC(Cc1ccc(Cl)s1)C1C2CCCC21. The molecule has 0 amide bonds. The molecule has 88 valence electrons. The average molecular weight is 256 g/mol. The number of likely N-dealkylation sites (N-methyl/N-ethyl adjacent to an activating group) is 1. The maximum absolute atomic E-state index is 5.98. The lowest BCUT2D eigenvalue weighted by Gasteiger charge is -2.17. The Kier molecular flexibility index (Phi) is 2.99. The Morgan fingerprint density at radius 2 is 2.19 bits per heavy atom. The van der Waals surface area contributed by atoms with Gasteiger partial charge < -0.3 is 5.32 Å². The lowest BCUT2D eigenvalue weighted by molar-refractivity contribution is 0.430. The van der Waals surface area contributed by atoms with Crippen LogP contribution in [0.1, 0.15) is 24.1 Å². The van der Waals surface area contributed by atoms with Crippen molar-refractivity contribution >= 4 is 22.9 Å². The van der Waals surface area contributed by atoms with E-state index in [1.54, 1.807) is 11.3 Å². The molecule has 0 saturated heterocycles. The molecule has 0 spiro atoms. The van der Waals surface area contributed by atoms with E-state index in [2.05, 4.69) is 18.4 Å². The maximum Gasteiger partial charge on any atom is 0.0931 e. The van der Waals surface area contributed by atoms with Crippen LogP contribution in [-0.4, -0.2) is 13.1 Å².